The van der Waals surface area contributed by atoms with Crippen molar-refractivity contribution in [1.29, 1.82) is 0 Å². The first-order valence-electron chi connectivity index (χ1n) is 8.89. The average Bonchev–Trinajstić information content (AvgIpc) is 3.22. The van der Waals surface area contributed by atoms with Gasteiger partial charge in [-0.2, -0.15) is 0 Å². The van der Waals surface area contributed by atoms with Gasteiger partial charge in [0.25, 0.3) is 5.89 Å². The Morgan fingerprint density at radius 1 is 1.12 bits per heavy atom. The molecule has 4 heterocycles. The number of nitrogens with zero attached hydrogens (tertiary/aromatic N) is 3. The second-order valence-electron chi connectivity index (χ2n) is 6.67. The third kappa shape index (κ3) is 3.37. The van der Waals surface area contributed by atoms with Gasteiger partial charge in [-0.1, -0.05) is 12.5 Å². The summed E-state index contributed by atoms with van der Waals surface area (Å²) in [6, 6.07) is 10.3. The number of piperidine rings is 1. The van der Waals surface area contributed by atoms with Gasteiger partial charge in [-0.05, 0) is 57.5 Å². The van der Waals surface area contributed by atoms with Crippen LogP contribution in [0.2, 0.25) is 0 Å². The first kappa shape index (κ1) is 16.1. The van der Waals surface area contributed by atoms with E-state index in [4.69, 9.17) is 13.8 Å². The first-order chi connectivity index (χ1) is 12.2. The Balaban J connectivity index is 1.57. The third-order valence-electron chi connectivity index (χ3n) is 4.84. The highest BCUT2D eigenvalue weighted by Gasteiger charge is 2.27. The van der Waals surface area contributed by atoms with Gasteiger partial charge in [0, 0.05) is 12.7 Å². The van der Waals surface area contributed by atoms with Gasteiger partial charge >= 0.3 is 0 Å². The van der Waals surface area contributed by atoms with Crippen molar-refractivity contribution in [3.8, 4) is 11.7 Å². The lowest BCUT2D eigenvalue weighted by Gasteiger charge is -2.34. The van der Waals surface area contributed by atoms with Crippen molar-refractivity contribution in [2.24, 2.45) is 0 Å². The molecule has 1 saturated heterocycles. The normalized spacial score (nSPS) is 18.6. The number of pyridine rings is 1. The number of oxazole rings is 1. The molecule has 1 aliphatic rings. The SMILES string of the molecule is Cc1ccc(-c2nc(CN3CCCCC3c3ccccn3)c(C)o2)o1. The number of aromatic nitrogens is 2. The molecule has 1 fully saturated rings. The lowest BCUT2D eigenvalue weighted by molar-refractivity contribution is 0.135. The fourth-order valence-electron chi connectivity index (χ4n) is 3.51. The lowest BCUT2D eigenvalue weighted by atomic mass is 9.98. The minimum Gasteiger partial charge on any atom is -0.456 e. The Morgan fingerprint density at radius 2 is 2.04 bits per heavy atom. The number of hydrogen-bond acceptors (Lipinski definition) is 5. The van der Waals surface area contributed by atoms with Crippen LogP contribution in [0.3, 0.4) is 0 Å². The van der Waals surface area contributed by atoms with Crippen molar-refractivity contribution in [3.05, 3.63) is 59.4 Å². The van der Waals surface area contributed by atoms with Gasteiger partial charge < -0.3 is 8.83 Å². The van der Waals surface area contributed by atoms with Gasteiger partial charge in [-0.15, -0.1) is 0 Å². The second-order valence-corrected chi connectivity index (χ2v) is 6.67. The first-order valence-corrected chi connectivity index (χ1v) is 8.89. The van der Waals surface area contributed by atoms with Crippen LogP contribution in [0.25, 0.3) is 11.7 Å². The molecule has 5 nitrogen and oxygen atoms in total. The zero-order valence-electron chi connectivity index (χ0n) is 14.7. The van der Waals surface area contributed by atoms with Crippen molar-refractivity contribution >= 4 is 0 Å². The standard InChI is InChI=1S/C20H23N3O2/c1-14-9-10-19(24-14)20-22-17(15(2)25-20)13-23-12-6-4-8-18(23)16-7-3-5-11-21-16/h3,5,7,9-11,18H,4,6,8,12-13H2,1-2H3. The predicted octanol–water partition coefficient (Wildman–Crippen LogP) is 4.67. The zero-order valence-corrected chi connectivity index (χ0v) is 14.7. The Hall–Kier alpha value is -2.40. The molecule has 0 aliphatic carbocycles. The summed E-state index contributed by atoms with van der Waals surface area (Å²) in [5, 5.41) is 0. The molecule has 0 bridgehead atoms. The second kappa shape index (κ2) is 6.84. The molecule has 0 radical (unpaired) electrons. The third-order valence-corrected chi connectivity index (χ3v) is 4.84. The quantitative estimate of drug-likeness (QED) is 0.692. The van der Waals surface area contributed by atoms with E-state index in [2.05, 4.69) is 22.0 Å². The summed E-state index contributed by atoms with van der Waals surface area (Å²) < 4.78 is 11.5. The van der Waals surface area contributed by atoms with E-state index in [1.54, 1.807) is 0 Å². The van der Waals surface area contributed by atoms with Crippen LogP contribution in [-0.4, -0.2) is 21.4 Å². The molecule has 3 aromatic heterocycles. The molecule has 1 unspecified atom stereocenters. The van der Waals surface area contributed by atoms with Crippen LogP contribution in [0.15, 0.2) is 45.4 Å². The summed E-state index contributed by atoms with van der Waals surface area (Å²) in [7, 11) is 0. The summed E-state index contributed by atoms with van der Waals surface area (Å²) in [4.78, 5) is 11.7. The van der Waals surface area contributed by atoms with Crippen LogP contribution in [-0.2, 0) is 6.54 Å². The summed E-state index contributed by atoms with van der Waals surface area (Å²) in [6.45, 7) is 5.73. The number of furan rings is 1. The van der Waals surface area contributed by atoms with Crippen LogP contribution in [0.4, 0.5) is 0 Å². The summed E-state index contributed by atoms with van der Waals surface area (Å²) in [6.07, 6.45) is 5.47. The fourth-order valence-corrected chi connectivity index (χ4v) is 3.51. The molecule has 0 N–H and O–H groups in total. The van der Waals surface area contributed by atoms with Crippen LogP contribution in [0.5, 0.6) is 0 Å². The van der Waals surface area contributed by atoms with E-state index in [0.717, 1.165) is 42.4 Å². The summed E-state index contributed by atoms with van der Waals surface area (Å²) in [5.74, 6) is 2.96. The molecule has 0 amide bonds. The van der Waals surface area contributed by atoms with E-state index in [0.29, 0.717) is 17.7 Å². The van der Waals surface area contributed by atoms with Crippen molar-refractivity contribution in [2.75, 3.05) is 6.54 Å². The van der Waals surface area contributed by atoms with Gasteiger partial charge in [0.1, 0.15) is 11.5 Å². The fraction of sp³-hybridized carbons (Fsp3) is 0.400. The van der Waals surface area contributed by atoms with E-state index in [-0.39, 0.29) is 0 Å². The van der Waals surface area contributed by atoms with Gasteiger partial charge in [0.05, 0.1) is 17.4 Å². The number of aryl methyl sites for hydroxylation is 2. The molecule has 0 aromatic carbocycles. The Kier molecular flexibility index (Phi) is 4.40. The molecule has 1 atom stereocenters. The maximum Gasteiger partial charge on any atom is 0.263 e. The summed E-state index contributed by atoms with van der Waals surface area (Å²) >= 11 is 0. The monoisotopic (exact) mass is 337 g/mol. The molecule has 0 saturated carbocycles. The van der Waals surface area contributed by atoms with Gasteiger partial charge in [0.2, 0.25) is 0 Å². The van der Waals surface area contributed by atoms with Crippen LogP contribution >= 0.6 is 0 Å². The minimum absolute atomic E-state index is 0.348. The predicted molar refractivity (Wildman–Crippen MR) is 94.9 cm³/mol. The van der Waals surface area contributed by atoms with Gasteiger partial charge in [-0.25, -0.2) is 4.98 Å². The molecule has 3 aromatic rings. The molecule has 25 heavy (non-hydrogen) atoms. The molecule has 0 spiro atoms. The van der Waals surface area contributed by atoms with Gasteiger partial charge in [0.15, 0.2) is 5.76 Å². The van der Waals surface area contributed by atoms with E-state index in [9.17, 15) is 0 Å². The van der Waals surface area contributed by atoms with E-state index >= 15 is 0 Å². The molecule has 5 heteroatoms. The van der Waals surface area contributed by atoms with Crippen LogP contribution in [0.1, 0.15) is 48.2 Å². The smallest absolute Gasteiger partial charge is 0.263 e. The van der Waals surface area contributed by atoms with E-state index in [1.807, 2.05) is 38.2 Å². The maximum atomic E-state index is 5.85. The highest BCUT2D eigenvalue weighted by molar-refractivity contribution is 5.45. The molecular weight excluding hydrogens is 314 g/mol. The summed E-state index contributed by atoms with van der Waals surface area (Å²) in [5.41, 5.74) is 2.12. The topological polar surface area (TPSA) is 55.3 Å². The largest absolute Gasteiger partial charge is 0.456 e. The molecule has 130 valence electrons. The number of rotatable bonds is 4. The minimum atomic E-state index is 0.348. The van der Waals surface area contributed by atoms with Crippen LogP contribution < -0.4 is 0 Å². The van der Waals surface area contributed by atoms with Crippen LogP contribution in [0, 0.1) is 13.8 Å². The zero-order chi connectivity index (χ0) is 17.2. The highest BCUT2D eigenvalue weighted by Crippen LogP contribution is 2.32. The lowest BCUT2D eigenvalue weighted by Crippen LogP contribution is -2.33. The van der Waals surface area contributed by atoms with Crippen molar-refractivity contribution in [1.82, 2.24) is 14.9 Å². The maximum absolute atomic E-state index is 5.85. The van der Waals surface area contributed by atoms with Crippen molar-refractivity contribution in [2.45, 2.75) is 45.7 Å². The van der Waals surface area contributed by atoms with Gasteiger partial charge in [-0.3, -0.25) is 9.88 Å². The molecule has 1 aliphatic heterocycles. The number of likely N-dealkylation sites (tertiary alicyclic amines) is 1. The van der Waals surface area contributed by atoms with Crippen molar-refractivity contribution < 1.29 is 8.83 Å². The average molecular weight is 337 g/mol. The Bertz CT molecular complexity index is 838. The van der Waals surface area contributed by atoms with E-state index in [1.165, 1.54) is 12.8 Å². The molecular formula is C20H23N3O2. The number of hydrogen-bond donors (Lipinski definition) is 0. The Morgan fingerprint density at radius 3 is 2.80 bits per heavy atom. The Labute approximate surface area is 147 Å². The highest BCUT2D eigenvalue weighted by atomic mass is 16.4. The molecule has 4 rings (SSSR count). The van der Waals surface area contributed by atoms with Crippen molar-refractivity contribution in [3.63, 3.8) is 0 Å². The van der Waals surface area contributed by atoms with E-state index < -0.39 is 0 Å².